The summed E-state index contributed by atoms with van der Waals surface area (Å²) < 4.78 is 38.2. The predicted octanol–water partition coefficient (Wildman–Crippen LogP) is 4.83. The highest BCUT2D eigenvalue weighted by Gasteiger charge is 2.39. The lowest BCUT2D eigenvalue weighted by molar-refractivity contribution is 0.176. The van der Waals surface area contributed by atoms with E-state index in [2.05, 4.69) is 4.52 Å². The summed E-state index contributed by atoms with van der Waals surface area (Å²) in [5, 5.41) is 0. The lowest BCUT2D eigenvalue weighted by Gasteiger charge is -2.28. The van der Waals surface area contributed by atoms with Gasteiger partial charge in [-0.1, -0.05) is 11.6 Å². The van der Waals surface area contributed by atoms with Gasteiger partial charge in [-0.25, -0.2) is 4.57 Å². The Hall–Kier alpha value is 1.29. The monoisotopic (exact) mass is 486 g/mol. The van der Waals surface area contributed by atoms with Gasteiger partial charge in [-0.2, -0.15) is 0 Å². The van der Waals surface area contributed by atoms with E-state index in [0.717, 1.165) is 0 Å². The van der Waals surface area contributed by atoms with Crippen LogP contribution in [0.25, 0.3) is 0 Å². The highest BCUT2D eigenvalue weighted by atomic mass is 35.5. The number of hydrogen-bond donors (Lipinski definition) is 2. The van der Waals surface area contributed by atoms with Crippen molar-refractivity contribution in [1.29, 1.82) is 0 Å². The Morgan fingerprint density at radius 1 is 1.04 bits per heavy atom. The van der Waals surface area contributed by atoms with Crippen LogP contribution in [0, 0.1) is 0 Å². The van der Waals surface area contributed by atoms with Gasteiger partial charge in [-0.15, -0.1) is 46.4 Å². The van der Waals surface area contributed by atoms with Crippen molar-refractivity contribution in [3.05, 3.63) is 11.0 Å². The van der Waals surface area contributed by atoms with Crippen molar-refractivity contribution in [2.45, 2.75) is 17.7 Å². The Labute approximate surface area is 165 Å². The first kappa shape index (κ1) is 25.3. The molecule has 0 bridgehead atoms. The second-order valence-corrected chi connectivity index (χ2v) is 9.62. The molecule has 24 heavy (non-hydrogen) atoms. The summed E-state index contributed by atoms with van der Waals surface area (Å²) in [4.78, 5) is 16.7. The molecular weight excluding hydrogens is 471 g/mol. The van der Waals surface area contributed by atoms with E-state index < -0.39 is 25.8 Å². The molecule has 1 atom stereocenters. The minimum atomic E-state index is -5.05. The highest BCUT2D eigenvalue weighted by molar-refractivity contribution is 7.59. The molecule has 0 aromatic heterocycles. The van der Waals surface area contributed by atoms with Gasteiger partial charge < -0.3 is 13.6 Å². The second-order valence-electron chi connectivity index (χ2n) is 4.35. The van der Waals surface area contributed by atoms with Gasteiger partial charge in [0.1, 0.15) is 0 Å². The third-order valence-electron chi connectivity index (χ3n) is 2.49. The Morgan fingerprint density at radius 3 is 1.96 bits per heavy atom. The van der Waals surface area contributed by atoms with E-state index in [9.17, 15) is 9.13 Å². The summed E-state index contributed by atoms with van der Waals surface area (Å²) in [5.74, 6) is 0.315. The van der Waals surface area contributed by atoms with Crippen molar-refractivity contribution in [2.24, 2.45) is 0 Å². The van der Waals surface area contributed by atoms with E-state index >= 15 is 0 Å². The summed E-state index contributed by atoms with van der Waals surface area (Å²) in [6.45, 7) is -0.593. The van der Waals surface area contributed by atoms with Gasteiger partial charge in [-0.3, -0.25) is 14.4 Å². The van der Waals surface area contributed by atoms with E-state index in [1.54, 1.807) is 0 Å². The lowest BCUT2D eigenvalue weighted by Crippen LogP contribution is -2.29. The molecular formula is C10H17Cl5O7P2. The zero-order valence-corrected chi connectivity index (χ0v) is 17.8. The van der Waals surface area contributed by atoms with Crippen molar-refractivity contribution in [2.75, 3.05) is 30.9 Å². The predicted molar refractivity (Wildman–Crippen MR) is 96.6 cm³/mol. The molecule has 0 aliphatic rings. The maximum absolute atomic E-state index is 12.8. The van der Waals surface area contributed by atoms with Gasteiger partial charge in [0.2, 0.25) is 5.50 Å². The molecule has 0 aromatic carbocycles. The molecule has 0 saturated heterocycles. The highest BCUT2D eigenvalue weighted by Crippen LogP contribution is 2.61. The molecule has 2 N–H and O–H groups in total. The minimum absolute atomic E-state index is 0.0613. The third kappa shape index (κ3) is 9.84. The molecule has 0 fully saturated rings. The molecule has 144 valence electrons. The van der Waals surface area contributed by atoms with Gasteiger partial charge >= 0.3 is 15.4 Å². The van der Waals surface area contributed by atoms with E-state index in [1.807, 2.05) is 0 Å². The fourth-order valence-electron chi connectivity index (χ4n) is 1.38. The van der Waals surface area contributed by atoms with Crippen molar-refractivity contribution in [3.63, 3.8) is 0 Å². The fourth-order valence-corrected chi connectivity index (χ4v) is 5.48. The number of halogens is 5. The zero-order chi connectivity index (χ0) is 18.9. The smallest absolute Gasteiger partial charge is 0.395 e. The summed E-state index contributed by atoms with van der Waals surface area (Å²) in [7, 11) is -9.38. The van der Waals surface area contributed by atoms with Gasteiger partial charge in [0.05, 0.1) is 23.6 Å². The second kappa shape index (κ2) is 11.9. The minimum Gasteiger partial charge on any atom is -0.395 e. The van der Waals surface area contributed by atoms with Gasteiger partial charge in [0.15, 0.2) is 0 Å². The molecule has 0 spiro atoms. The van der Waals surface area contributed by atoms with Crippen LogP contribution in [0.15, 0.2) is 11.0 Å². The number of alkyl halides is 4. The maximum Gasteiger partial charge on any atom is 0.525 e. The van der Waals surface area contributed by atoms with E-state index in [1.165, 1.54) is 0 Å². The van der Waals surface area contributed by atoms with E-state index in [-0.39, 0.29) is 43.7 Å². The van der Waals surface area contributed by atoms with Crippen LogP contribution >= 0.6 is 73.4 Å². The van der Waals surface area contributed by atoms with Crippen molar-refractivity contribution in [3.8, 4) is 0 Å². The first-order valence-electron chi connectivity index (χ1n) is 6.38. The van der Waals surface area contributed by atoms with Crippen LogP contribution in [-0.4, -0.2) is 45.5 Å². The van der Waals surface area contributed by atoms with Gasteiger partial charge in [0.25, 0.3) is 0 Å². The summed E-state index contributed by atoms with van der Waals surface area (Å²) in [6.07, 6.45) is 0.551. The normalized spacial score (nSPS) is 16.0. The van der Waals surface area contributed by atoms with Crippen LogP contribution in [0.3, 0.4) is 0 Å². The molecule has 0 heterocycles. The quantitative estimate of drug-likeness (QED) is 0.217. The zero-order valence-electron chi connectivity index (χ0n) is 12.2. The molecule has 0 amide bonds. The van der Waals surface area contributed by atoms with Crippen LogP contribution < -0.4 is 0 Å². The lowest BCUT2D eigenvalue weighted by atomic mass is 10.0. The Bertz CT molecular complexity index is 492. The van der Waals surface area contributed by atoms with Crippen LogP contribution in [0.2, 0.25) is 0 Å². The van der Waals surface area contributed by atoms with Crippen LogP contribution in [0.5, 0.6) is 0 Å². The van der Waals surface area contributed by atoms with E-state index in [0.29, 0.717) is 5.54 Å². The Kier molecular flexibility index (Phi) is 12.5. The largest absolute Gasteiger partial charge is 0.525 e. The Balaban J connectivity index is 5.36. The Morgan fingerprint density at radius 2 is 1.58 bits per heavy atom. The van der Waals surface area contributed by atoms with Crippen molar-refractivity contribution in [1.82, 2.24) is 0 Å². The first-order valence-corrected chi connectivity index (χ1v) is 11.9. The topological polar surface area (TPSA) is 102 Å². The summed E-state index contributed by atoms with van der Waals surface area (Å²) in [5.41, 5.74) is -0.314. The number of rotatable bonds is 13. The summed E-state index contributed by atoms with van der Waals surface area (Å²) in [6, 6.07) is 0. The van der Waals surface area contributed by atoms with Crippen LogP contribution in [0.1, 0.15) is 12.8 Å². The molecule has 1 unspecified atom stereocenters. The third-order valence-corrected chi connectivity index (χ3v) is 6.19. The average molecular weight is 488 g/mol. The van der Waals surface area contributed by atoms with Gasteiger partial charge in [-0.05, 0) is 12.8 Å². The maximum atomic E-state index is 12.8. The molecule has 0 saturated carbocycles. The molecule has 0 aliphatic heterocycles. The molecule has 0 aromatic rings. The van der Waals surface area contributed by atoms with Crippen LogP contribution in [-0.2, 0) is 22.7 Å². The SMILES string of the molecule is O=P(O)(O)OC(=CCl)P(=O)(OCCCl)OCC(Cl)(CCCl)CCCl. The number of hydrogen-bond acceptors (Lipinski definition) is 5. The van der Waals surface area contributed by atoms with Crippen molar-refractivity contribution >= 4 is 73.4 Å². The first-order chi connectivity index (χ1) is 11.1. The number of phosphoric ester groups is 1. The standard InChI is InChI=1S/C10H17Cl5O7P2/c11-3-1-10(15,2-4-12)8-21-23(16,20-6-5-13)9(7-14)22-24(17,18)19/h7H,1-6,8H2,(H2,17,18,19). The molecule has 14 heteroatoms. The van der Waals surface area contributed by atoms with E-state index in [4.69, 9.17) is 76.8 Å². The molecule has 7 nitrogen and oxygen atoms in total. The van der Waals surface area contributed by atoms with Crippen molar-refractivity contribution < 1.29 is 32.5 Å². The average Bonchev–Trinajstić information content (AvgIpc) is 2.48. The molecule has 0 rings (SSSR count). The van der Waals surface area contributed by atoms with Crippen LogP contribution in [0.4, 0.5) is 0 Å². The van der Waals surface area contributed by atoms with Gasteiger partial charge in [0, 0.05) is 17.6 Å². The molecule has 0 radical (unpaired) electrons. The molecule has 0 aliphatic carbocycles. The summed E-state index contributed by atoms with van der Waals surface area (Å²) >= 11 is 28.6. The fraction of sp³-hybridized carbons (Fsp3) is 0.800. The number of phosphoric acid groups is 1.